The van der Waals surface area contributed by atoms with Crippen molar-refractivity contribution in [3.05, 3.63) is 82.6 Å². The molecular formula is C21H20N2O3S. The molecule has 1 heterocycles. The van der Waals surface area contributed by atoms with Gasteiger partial charge in [0.15, 0.2) is 0 Å². The molecule has 0 bridgehead atoms. The Morgan fingerprint density at radius 2 is 1.70 bits per heavy atom. The number of nitrogens with zero attached hydrogens (tertiary/aromatic N) is 1. The highest BCUT2D eigenvalue weighted by Crippen LogP contribution is 2.18. The summed E-state index contributed by atoms with van der Waals surface area (Å²) in [6.07, 6.45) is 0. The average molecular weight is 380 g/mol. The van der Waals surface area contributed by atoms with Crippen LogP contribution in [0.5, 0.6) is 11.5 Å². The Morgan fingerprint density at radius 1 is 0.963 bits per heavy atom. The largest absolute Gasteiger partial charge is 0.490 e. The molecule has 0 aliphatic rings. The summed E-state index contributed by atoms with van der Waals surface area (Å²) in [6, 6.07) is 20.5. The number of amides is 1. The normalized spacial score (nSPS) is 11.1. The van der Waals surface area contributed by atoms with E-state index < -0.39 is 0 Å². The van der Waals surface area contributed by atoms with Gasteiger partial charge in [0.2, 0.25) is 0 Å². The third kappa shape index (κ3) is 5.43. The van der Waals surface area contributed by atoms with Crippen molar-refractivity contribution in [3.8, 4) is 11.5 Å². The number of benzene rings is 2. The van der Waals surface area contributed by atoms with Gasteiger partial charge in [-0.05, 0) is 42.6 Å². The smallest absolute Gasteiger partial charge is 0.275 e. The monoisotopic (exact) mass is 380 g/mol. The van der Waals surface area contributed by atoms with E-state index in [1.807, 2.05) is 60.8 Å². The van der Waals surface area contributed by atoms with Gasteiger partial charge in [0.05, 0.1) is 11.3 Å². The minimum atomic E-state index is -0.314. The van der Waals surface area contributed by atoms with Crippen molar-refractivity contribution in [2.24, 2.45) is 5.10 Å². The summed E-state index contributed by atoms with van der Waals surface area (Å²) in [5.41, 5.74) is 3.78. The van der Waals surface area contributed by atoms with Crippen LogP contribution in [0.3, 0.4) is 0 Å². The van der Waals surface area contributed by atoms with Crippen LogP contribution in [-0.4, -0.2) is 24.8 Å². The molecule has 0 aliphatic carbocycles. The maximum Gasteiger partial charge on any atom is 0.275 e. The molecule has 3 aromatic rings. The highest BCUT2D eigenvalue weighted by Gasteiger charge is 2.12. The molecule has 0 spiro atoms. The molecule has 0 saturated heterocycles. The van der Waals surface area contributed by atoms with Gasteiger partial charge in [-0.3, -0.25) is 4.79 Å². The highest BCUT2D eigenvalue weighted by molar-refractivity contribution is 7.12. The number of thiophene rings is 1. The molecule has 5 nitrogen and oxygen atoms in total. The van der Waals surface area contributed by atoms with E-state index >= 15 is 0 Å². The molecule has 1 N–H and O–H groups in total. The summed E-state index contributed by atoms with van der Waals surface area (Å²) >= 11 is 1.57. The number of para-hydroxylation sites is 2. The molecule has 0 atom stereocenters. The summed E-state index contributed by atoms with van der Waals surface area (Å²) in [5, 5.41) is 6.14. The fourth-order valence-corrected chi connectivity index (χ4v) is 3.02. The quantitative estimate of drug-likeness (QED) is 0.359. The fraction of sp³-hybridized carbons (Fsp3) is 0.143. The lowest BCUT2D eigenvalue weighted by Gasteiger charge is -2.11. The molecule has 138 valence electrons. The average Bonchev–Trinajstić information content (AvgIpc) is 3.25. The van der Waals surface area contributed by atoms with Gasteiger partial charge in [0, 0.05) is 4.88 Å². The van der Waals surface area contributed by atoms with Crippen LogP contribution < -0.4 is 14.9 Å². The number of carbonyl (C=O) groups is 1. The third-order valence-corrected chi connectivity index (χ3v) is 4.67. The topological polar surface area (TPSA) is 59.9 Å². The Labute approximate surface area is 162 Å². The second kappa shape index (κ2) is 9.54. The van der Waals surface area contributed by atoms with E-state index in [0.29, 0.717) is 24.5 Å². The third-order valence-electron chi connectivity index (χ3n) is 3.69. The number of nitrogens with one attached hydrogen (secondary N) is 1. The molecule has 0 saturated carbocycles. The minimum absolute atomic E-state index is 0.314. The fourth-order valence-electron chi connectivity index (χ4n) is 2.34. The molecule has 6 heteroatoms. The molecular weight excluding hydrogens is 360 g/mol. The van der Waals surface area contributed by atoms with Crippen LogP contribution in [0.1, 0.15) is 22.2 Å². The van der Waals surface area contributed by atoms with Gasteiger partial charge >= 0.3 is 0 Å². The molecule has 0 unspecified atom stereocenters. The first-order valence-corrected chi connectivity index (χ1v) is 9.40. The Bertz CT molecular complexity index is 893. The molecule has 0 fully saturated rings. The lowest BCUT2D eigenvalue weighted by atomic mass is 10.2. The highest BCUT2D eigenvalue weighted by atomic mass is 32.1. The van der Waals surface area contributed by atoms with E-state index in [4.69, 9.17) is 9.47 Å². The zero-order valence-corrected chi connectivity index (χ0v) is 15.7. The number of hydrogen-bond acceptors (Lipinski definition) is 5. The first-order chi connectivity index (χ1) is 13.2. The van der Waals surface area contributed by atoms with Gasteiger partial charge in [-0.25, -0.2) is 5.43 Å². The van der Waals surface area contributed by atoms with Gasteiger partial charge in [-0.2, -0.15) is 5.10 Å². The summed E-state index contributed by atoms with van der Waals surface area (Å²) < 4.78 is 11.3. The Hall–Kier alpha value is -3.12. The van der Waals surface area contributed by atoms with Gasteiger partial charge in [-0.1, -0.05) is 36.4 Å². The van der Waals surface area contributed by atoms with Crippen LogP contribution in [0.4, 0.5) is 0 Å². The predicted octanol–water partition coefficient (Wildman–Crippen LogP) is 4.36. The second-order valence-corrected chi connectivity index (χ2v) is 6.57. The van der Waals surface area contributed by atoms with Crippen LogP contribution in [0, 0.1) is 0 Å². The standard InChI is InChI=1S/C21H20N2O3S/c1-16(20-12-7-15-27-20)22-23-21(24)18-10-5-6-11-19(18)26-14-13-25-17-8-3-2-4-9-17/h2-12,15H,13-14H2,1H3,(H,23,24)/b22-16-. The Kier molecular flexibility index (Phi) is 6.60. The van der Waals surface area contributed by atoms with E-state index in [0.717, 1.165) is 16.3 Å². The van der Waals surface area contributed by atoms with E-state index in [9.17, 15) is 4.79 Å². The van der Waals surface area contributed by atoms with Gasteiger partial charge in [-0.15, -0.1) is 11.3 Å². The molecule has 0 aliphatic heterocycles. The molecule has 1 amide bonds. The van der Waals surface area contributed by atoms with Crippen molar-refractivity contribution < 1.29 is 14.3 Å². The minimum Gasteiger partial charge on any atom is -0.490 e. The lowest BCUT2D eigenvalue weighted by Crippen LogP contribution is -2.20. The number of hydrogen-bond donors (Lipinski definition) is 1. The van der Waals surface area contributed by atoms with Crippen LogP contribution in [0.15, 0.2) is 77.2 Å². The number of ether oxygens (including phenoxy) is 2. The van der Waals surface area contributed by atoms with Crippen LogP contribution in [-0.2, 0) is 0 Å². The van der Waals surface area contributed by atoms with E-state index in [2.05, 4.69) is 10.5 Å². The summed E-state index contributed by atoms with van der Waals surface area (Å²) in [6.45, 7) is 2.57. The van der Waals surface area contributed by atoms with E-state index in [-0.39, 0.29) is 5.91 Å². The van der Waals surface area contributed by atoms with Crippen molar-refractivity contribution in [3.63, 3.8) is 0 Å². The molecule has 1 aromatic heterocycles. The van der Waals surface area contributed by atoms with Crippen molar-refractivity contribution in [2.45, 2.75) is 6.92 Å². The van der Waals surface area contributed by atoms with Crippen molar-refractivity contribution in [1.29, 1.82) is 0 Å². The van der Waals surface area contributed by atoms with Crippen LogP contribution in [0.25, 0.3) is 0 Å². The molecule has 0 radical (unpaired) electrons. The maximum absolute atomic E-state index is 12.5. The van der Waals surface area contributed by atoms with Gasteiger partial charge < -0.3 is 9.47 Å². The van der Waals surface area contributed by atoms with Crippen molar-refractivity contribution in [1.82, 2.24) is 5.43 Å². The summed E-state index contributed by atoms with van der Waals surface area (Å²) in [7, 11) is 0. The second-order valence-electron chi connectivity index (χ2n) is 5.62. The van der Waals surface area contributed by atoms with E-state index in [1.54, 1.807) is 29.5 Å². The predicted molar refractivity (Wildman–Crippen MR) is 108 cm³/mol. The SMILES string of the molecule is C/C(=N/NC(=O)c1ccccc1OCCOc1ccccc1)c1cccs1. The van der Waals surface area contributed by atoms with Crippen LogP contribution in [0.2, 0.25) is 0 Å². The zero-order chi connectivity index (χ0) is 18.9. The number of hydrazone groups is 1. The van der Waals surface area contributed by atoms with Crippen molar-refractivity contribution >= 4 is 23.0 Å². The summed E-state index contributed by atoms with van der Waals surface area (Å²) in [5.74, 6) is 0.964. The first kappa shape index (κ1) is 18.7. The van der Waals surface area contributed by atoms with Crippen LogP contribution >= 0.6 is 11.3 Å². The van der Waals surface area contributed by atoms with Crippen molar-refractivity contribution in [2.75, 3.05) is 13.2 Å². The zero-order valence-electron chi connectivity index (χ0n) is 14.9. The number of carbonyl (C=O) groups excluding carboxylic acids is 1. The Morgan fingerprint density at radius 3 is 2.48 bits per heavy atom. The maximum atomic E-state index is 12.5. The first-order valence-electron chi connectivity index (χ1n) is 8.52. The molecule has 3 rings (SSSR count). The summed E-state index contributed by atoms with van der Waals surface area (Å²) in [4.78, 5) is 13.5. The number of rotatable bonds is 8. The Balaban J connectivity index is 1.56. The van der Waals surface area contributed by atoms with Gasteiger partial charge in [0.1, 0.15) is 24.7 Å². The van der Waals surface area contributed by atoms with E-state index in [1.165, 1.54) is 0 Å². The lowest BCUT2D eigenvalue weighted by molar-refractivity contribution is 0.0949. The molecule has 27 heavy (non-hydrogen) atoms. The van der Waals surface area contributed by atoms with Gasteiger partial charge in [0.25, 0.3) is 5.91 Å². The molecule has 2 aromatic carbocycles.